The van der Waals surface area contributed by atoms with E-state index in [1.165, 1.54) is 6.26 Å². The van der Waals surface area contributed by atoms with Crippen LogP contribution in [0.3, 0.4) is 0 Å². The molecule has 1 aliphatic carbocycles. The third-order valence-electron chi connectivity index (χ3n) is 6.52. The maximum Gasteiger partial charge on any atom is 0.289 e. The van der Waals surface area contributed by atoms with Crippen LogP contribution in [-0.4, -0.2) is 56.4 Å². The second-order valence-electron chi connectivity index (χ2n) is 8.80. The lowest BCUT2D eigenvalue weighted by molar-refractivity contribution is 0.0714. The molecule has 176 valence electrons. The van der Waals surface area contributed by atoms with Gasteiger partial charge in [-0.2, -0.15) is 5.26 Å². The lowest BCUT2D eigenvalue weighted by atomic mass is 9.79. The van der Waals surface area contributed by atoms with Crippen LogP contribution in [0, 0.1) is 17.2 Å². The van der Waals surface area contributed by atoms with Gasteiger partial charge in [0.1, 0.15) is 5.82 Å². The van der Waals surface area contributed by atoms with E-state index in [4.69, 9.17) is 14.7 Å². The number of amides is 1. The van der Waals surface area contributed by atoms with Crippen molar-refractivity contribution in [2.24, 2.45) is 5.92 Å². The fourth-order valence-corrected chi connectivity index (χ4v) is 5.84. The van der Waals surface area contributed by atoms with Crippen molar-refractivity contribution in [3.05, 3.63) is 54.5 Å². The first-order chi connectivity index (χ1) is 16.4. The van der Waals surface area contributed by atoms with E-state index in [0.717, 1.165) is 11.2 Å². The Morgan fingerprint density at radius 3 is 2.65 bits per heavy atom. The molecule has 1 saturated heterocycles. The summed E-state index contributed by atoms with van der Waals surface area (Å²) >= 11 is 0. The molecule has 1 aromatic carbocycles. The highest BCUT2D eigenvalue weighted by Gasteiger charge is 2.32. The number of fused-ring (bicyclic) bond motifs is 1. The van der Waals surface area contributed by atoms with Gasteiger partial charge in [-0.3, -0.25) is 4.79 Å². The second kappa shape index (κ2) is 9.08. The molecule has 0 atom stereocenters. The van der Waals surface area contributed by atoms with E-state index in [0.29, 0.717) is 56.7 Å². The van der Waals surface area contributed by atoms with Crippen LogP contribution in [0.2, 0.25) is 0 Å². The average molecular weight is 480 g/mol. The fraction of sp³-hybridized carbons (Fsp3) is 0.375. The van der Waals surface area contributed by atoms with Crippen molar-refractivity contribution >= 4 is 32.7 Å². The molecular weight excluding hydrogens is 454 g/mol. The number of nitrogens with zero attached hydrogens (tertiary/aromatic N) is 4. The third-order valence-corrected chi connectivity index (χ3v) is 8.03. The molecule has 10 heteroatoms. The quantitative estimate of drug-likeness (QED) is 0.577. The van der Waals surface area contributed by atoms with Gasteiger partial charge in [0.25, 0.3) is 5.91 Å². The Morgan fingerprint density at radius 1 is 1.15 bits per heavy atom. The van der Waals surface area contributed by atoms with Crippen molar-refractivity contribution in [3.63, 3.8) is 0 Å². The number of furan rings is 1. The molecule has 5 rings (SSSR count). The number of nitrogens with one attached hydrogen (secondary N) is 1. The summed E-state index contributed by atoms with van der Waals surface area (Å²) in [5.74, 6) is 1.31. The number of aromatic nitrogens is 1. The molecule has 3 heterocycles. The van der Waals surface area contributed by atoms with Gasteiger partial charge >= 0.3 is 0 Å². The highest BCUT2D eigenvalue weighted by atomic mass is 32.2. The molecule has 0 bridgehead atoms. The Bertz CT molecular complexity index is 1340. The normalized spacial score (nSPS) is 20.7. The maximum absolute atomic E-state index is 12.8. The number of hydrogen-bond donors (Lipinski definition) is 1. The molecule has 9 nitrogen and oxygen atoms in total. The lowest BCUT2D eigenvalue weighted by Gasteiger charge is -2.35. The van der Waals surface area contributed by atoms with Crippen LogP contribution < -0.4 is 9.62 Å². The number of benzene rings is 1. The number of hydrogen-bond acceptors (Lipinski definition) is 7. The molecule has 0 unspecified atom stereocenters. The topological polar surface area (TPSA) is 120 Å². The summed E-state index contributed by atoms with van der Waals surface area (Å²) in [7, 11) is -3.63. The second-order valence-corrected chi connectivity index (χ2v) is 10.5. The fourth-order valence-electron chi connectivity index (χ4n) is 4.55. The zero-order valence-electron chi connectivity index (χ0n) is 18.6. The van der Waals surface area contributed by atoms with Crippen LogP contribution in [0.5, 0.6) is 0 Å². The van der Waals surface area contributed by atoms with Crippen LogP contribution in [-0.2, 0) is 10.0 Å². The van der Waals surface area contributed by atoms with Gasteiger partial charge in [-0.15, -0.1) is 0 Å². The maximum atomic E-state index is 12.8. The highest BCUT2D eigenvalue weighted by molar-refractivity contribution is 7.89. The van der Waals surface area contributed by atoms with Crippen LogP contribution in [0.15, 0.2) is 58.0 Å². The number of piperazine rings is 1. The third kappa shape index (κ3) is 4.49. The van der Waals surface area contributed by atoms with E-state index in [9.17, 15) is 13.2 Å². The highest BCUT2D eigenvalue weighted by Crippen LogP contribution is 2.31. The minimum absolute atomic E-state index is 0.110. The van der Waals surface area contributed by atoms with Gasteiger partial charge in [0, 0.05) is 44.0 Å². The Hall–Kier alpha value is -3.42. The largest absolute Gasteiger partial charge is 0.459 e. The van der Waals surface area contributed by atoms with Crippen molar-refractivity contribution in [3.8, 4) is 6.07 Å². The summed E-state index contributed by atoms with van der Waals surface area (Å²) in [6, 6.07) is 14.1. The van der Waals surface area contributed by atoms with E-state index in [1.54, 1.807) is 35.2 Å². The SMILES string of the molecule is N#CCC1CC(NS(=O)(=O)c2ccc3nc(N4CCN(C(=O)c5ccco5)CC4)ccc3c2)C1. The standard InChI is InChI=1S/C24H25N5O4S/c25-8-7-17-14-19(15-17)27-34(31,32)20-4-5-21-18(16-20)3-6-23(26-21)28-9-11-29(12-10-28)24(30)22-2-1-13-33-22/h1-6,13,16-17,19,27H,7,9-12,14-15H2. The molecule has 0 spiro atoms. The number of rotatable bonds is 6. The molecule has 3 aromatic rings. The Balaban J connectivity index is 1.24. The molecule has 1 N–H and O–H groups in total. The van der Waals surface area contributed by atoms with Crippen molar-refractivity contribution in [2.75, 3.05) is 31.1 Å². The molecule has 2 aromatic heterocycles. The van der Waals surface area contributed by atoms with Gasteiger partial charge in [-0.1, -0.05) is 0 Å². The summed E-state index contributed by atoms with van der Waals surface area (Å²) < 4.78 is 33.5. The molecule has 34 heavy (non-hydrogen) atoms. The van der Waals surface area contributed by atoms with E-state index in [1.807, 2.05) is 12.1 Å². The first kappa shape index (κ1) is 22.4. The number of pyridine rings is 1. The first-order valence-corrected chi connectivity index (χ1v) is 12.8. The number of anilines is 1. The Labute approximate surface area is 198 Å². The predicted molar refractivity (Wildman–Crippen MR) is 126 cm³/mol. The van der Waals surface area contributed by atoms with Gasteiger partial charge in [0.05, 0.1) is 22.7 Å². The number of carbonyl (C=O) groups is 1. The van der Waals surface area contributed by atoms with Crippen molar-refractivity contribution < 1.29 is 17.6 Å². The van der Waals surface area contributed by atoms with E-state index in [2.05, 4.69) is 15.7 Å². The minimum atomic E-state index is -3.63. The number of carbonyl (C=O) groups excluding carboxylic acids is 1. The summed E-state index contributed by atoms with van der Waals surface area (Å²) in [4.78, 5) is 21.3. The van der Waals surface area contributed by atoms with E-state index >= 15 is 0 Å². The smallest absolute Gasteiger partial charge is 0.289 e. The van der Waals surface area contributed by atoms with Crippen molar-refractivity contribution in [1.29, 1.82) is 5.26 Å². The van der Waals surface area contributed by atoms with Crippen molar-refractivity contribution in [2.45, 2.75) is 30.2 Å². The van der Waals surface area contributed by atoms with Gasteiger partial charge in [-0.25, -0.2) is 18.1 Å². The Morgan fingerprint density at radius 2 is 1.94 bits per heavy atom. The summed E-state index contributed by atoms with van der Waals surface area (Å²) in [5.41, 5.74) is 0.711. The van der Waals surface area contributed by atoms with Crippen molar-refractivity contribution in [1.82, 2.24) is 14.6 Å². The monoisotopic (exact) mass is 479 g/mol. The molecule has 0 radical (unpaired) electrons. The molecular formula is C24H25N5O4S. The molecule has 1 saturated carbocycles. The van der Waals surface area contributed by atoms with Crippen LogP contribution >= 0.6 is 0 Å². The van der Waals surface area contributed by atoms with Gasteiger partial charge in [0.2, 0.25) is 10.0 Å². The number of nitriles is 1. The predicted octanol–water partition coefficient (Wildman–Crippen LogP) is 2.76. The first-order valence-electron chi connectivity index (χ1n) is 11.3. The van der Waals surface area contributed by atoms with E-state index in [-0.39, 0.29) is 22.8 Å². The summed E-state index contributed by atoms with van der Waals surface area (Å²) in [6.45, 7) is 2.43. The van der Waals surface area contributed by atoms with Gasteiger partial charge in [0.15, 0.2) is 5.76 Å². The lowest BCUT2D eigenvalue weighted by Crippen LogP contribution is -2.49. The van der Waals surface area contributed by atoms with E-state index < -0.39 is 10.0 Å². The molecule has 2 fully saturated rings. The summed E-state index contributed by atoms with van der Waals surface area (Å²) in [5, 5.41) is 9.50. The minimum Gasteiger partial charge on any atom is -0.459 e. The summed E-state index contributed by atoms with van der Waals surface area (Å²) in [6.07, 6.45) is 3.36. The zero-order valence-corrected chi connectivity index (χ0v) is 19.4. The molecule has 2 aliphatic rings. The van der Waals surface area contributed by atoms with Gasteiger partial charge < -0.3 is 14.2 Å². The molecule has 1 aliphatic heterocycles. The van der Waals surface area contributed by atoms with Crippen LogP contribution in [0.25, 0.3) is 10.9 Å². The number of sulfonamides is 1. The van der Waals surface area contributed by atoms with Crippen LogP contribution in [0.1, 0.15) is 29.8 Å². The average Bonchev–Trinajstić information content (AvgIpc) is 3.37. The Kier molecular flexibility index (Phi) is 5.98. The van der Waals surface area contributed by atoms with Gasteiger partial charge in [-0.05, 0) is 61.2 Å². The molecule has 1 amide bonds. The van der Waals surface area contributed by atoms with Crippen LogP contribution in [0.4, 0.5) is 5.82 Å². The zero-order chi connectivity index (χ0) is 23.7.